The van der Waals surface area contributed by atoms with Crippen LogP contribution in [0.3, 0.4) is 0 Å². The zero-order valence-corrected chi connectivity index (χ0v) is 8.62. The van der Waals surface area contributed by atoms with Gasteiger partial charge in [-0.05, 0) is 32.6 Å². The fourth-order valence-electron chi connectivity index (χ4n) is 2.02. The highest BCUT2D eigenvalue weighted by molar-refractivity contribution is 5.83. The van der Waals surface area contributed by atoms with Gasteiger partial charge in [-0.25, -0.2) is 0 Å². The third kappa shape index (κ3) is 2.11. The van der Waals surface area contributed by atoms with Crippen molar-refractivity contribution in [1.29, 1.82) is 0 Å². The van der Waals surface area contributed by atoms with Crippen molar-refractivity contribution in [3.63, 3.8) is 0 Å². The Morgan fingerprint density at radius 1 is 1.38 bits per heavy atom. The molecule has 1 aliphatic carbocycles. The molecule has 0 aromatic heterocycles. The zero-order valence-electron chi connectivity index (χ0n) is 8.62. The van der Waals surface area contributed by atoms with E-state index in [2.05, 4.69) is 18.7 Å². The van der Waals surface area contributed by atoms with E-state index in [0.717, 1.165) is 19.5 Å². The Kier molecular flexibility index (Phi) is 2.41. The molecule has 1 heterocycles. The van der Waals surface area contributed by atoms with E-state index in [1.165, 1.54) is 12.8 Å². The van der Waals surface area contributed by atoms with Gasteiger partial charge >= 0.3 is 0 Å². The Morgan fingerprint density at radius 2 is 2.00 bits per heavy atom. The van der Waals surface area contributed by atoms with Gasteiger partial charge in [0.1, 0.15) is 5.78 Å². The van der Waals surface area contributed by atoms with Gasteiger partial charge in [-0.3, -0.25) is 4.79 Å². The number of carbonyl (C=O) groups is 1. The maximum absolute atomic E-state index is 11.5. The SMILES string of the molecule is CC(C)N1CC(CC(=O)C2CC2)C1. The lowest BCUT2D eigenvalue weighted by atomic mass is 9.91. The van der Waals surface area contributed by atoms with E-state index < -0.39 is 0 Å². The van der Waals surface area contributed by atoms with Crippen molar-refractivity contribution in [2.45, 2.75) is 39.2 Å². The van der Waals surface area contributed by atoms with Crippen molar-refractivity contribution >= 4 is 5.78 Å². The molecule has 0 bridgehead atoms. The van der Waals surface area contributed by atoms with Crippen molar-refractivity contribution in [1.82, 2.24) is 4.90 Å². The Morgan fingerprint density at radius 3 is 2.46 bits per heavy atom. The molecule has 2 aliphatic rings. The molecule has 0 spiro atoms. The summed E-state index contributed by atoms with van der Waals surface area (Å²) < 4.78 is 0. The molecule has 74 valence electrons. The highest BCUT2D eigenvalue weighted by atomic mass is 16.1. The number of Topliss-reactive ketones (excluding diaryl/α,β-unsaturated/α-hetero) is 1. The number of carbonyl (C=O) groups excluding carboxylic acids is 1. The first kappa shape index (κ1) is 9.20. The third-order valence-electron chi connectivity index (χ3n) is 3.24. The molecule has 2 heteroatoms. The molecule has 0 unspecified atom stereocenters. The van der Waals surface area contributed by atoms with E-state index in [4.69, 9.17) is 0 Å². The van der Waals surface area contributed by atoms with E-state index in [0.29, 0.717) is 23.7 Å². The van der Waals surface area contributed by atoms with Crippen LogP contribution in [0.15, 0.2) is 0 Å². The summed E-state index contributed by atoms with van der Waals surface area (Å²) in [5.74, 6) is 1.68. The molecule has 2 rings (SSSR count). The molecule has 0 N–H and O–H groups in total. The second kappa shape index (κ2) is 3.41. The van der Waals surface area contributed by atoms with Gasteiger partial charge in [0.25, 0.3) is 0 Å². The number of likely N-dealkylation sites (tertiary alicyclic amines) is 1. The number of ketones is 1. The third-order valence-corrected chi connectivity index (χ3v) is 3.24. The van der Waals surface area contributed by atoms with Crippen LogP contribution < -0.4 is 0 Å². The molecule has 1 saturated carbocycles. The van der Waals surface area contributed by atoms with Gasteiger partial charge in [0.05, 0.1) is 0 Å². The van der Waals surface area contributed by atoms with Gasteiger partial charge in [-0.15, -0.1) is 0 Å². The Bertz CT molecular complexity index is 202. The summed E-state index contributed by atoms with van der Waals surface area (Å²) >= 11 is 0. The number of hydrogen-bond donors (Lipinski definition) is 0. The molecular weight excluding hydrogens is 162 g/mol. The molecule has 2 nitrogen and oxygen atoms in total. The smallest absolute Gasteiger partial charge is 0.136 e. The Labute approximate surface area is 80.3 Å². The molecule has 0 aromatic carbocycles. The fraction of sp³-hybridized carbons (Fsp3) is 0.909. The van der Waals surface area contributed by atoms with Crippen molar-refractivity contribution < 1.29 is 4.79 Å². The van der Waals surface area contributed by atoms with Crippen LogP contribution in [0.4, 0.5) is 0 Å². The van der Waals surface area contributed by atoms with Gasteiger partial charge in [0.15, 0.2) is 0 Å². The standard InChI is InChI=1S/C11H19NO/c1-8(2)12-6-9(7-12)5-11(13)10-3-4-10/h8-10H,3-7H2,1-2H3. The van der Waals surface area contributed by atoms with E-state index in [1.54, 1.807) is 0 Å². The summed E-state index contributed by atoms with van der Waals surface area (Å²) in [4.78, 5) is 13.9. The number of nitrogens with zero attached hydrogens (tertiary/aromatic N) is 1. The van der Waals surface area contributed by atoms with E-state index >= 15 is 0 Å². The molecule has 2 fully saturated rings. The molecule has 0 radical (unpaired) electrons. The zero-order chi connectivity index (χ0) is 9.42. The van der Waals surface area contributed by atoms with Gasteiger partial charge < -0.3 is 4.90 Å². The molecule has 0 atom stereocenters. The lowest BCUT2D eigenvalue weighted by molar-refractivity contribution is -0.122. The minimum Gasteiger partial charge on any atom is -0.300 e. The average Bonchev–Trinajstić information content (AvgIpc) is 2.75. The predicted molar refractivity (Wildman–Crippen MR) is 52.5 cm³/mol. The largest absolute Gasteiger partial charge is 0.300 e. The maximum Gasteiger partial charge on any atom is 0.136 e. The minimum atomic E-state index is 0.466. The van der Waals surface area contributed by atoms with Crippen LogP contribution in [0, 0.1) is 11.8 Å². The van der Waals surface area contributed by atoms with Crippen molar-refractivity contribution in [2.75, 3.05) is 13.1 Å². The Hall–Kier alpha value is -0.370. The highest BCUT2D eigenvalue weighted by Gasteiger charge is 2.35. The van der Waals surface area contributed by atoms with Gasteiger partial charge in [0.2, 0.25) is 0 Å². The van der Waals surface area contributed by atoms with Crippen LogP contribution in [0.1, 0.15) is 33.1 Å². The lowest BCUT2D eigenvalue weighted by Gasteiger charge is -2.41. The summed E-state index contributed by atoms with van der Waals surface area (Å²) in [6.07, 6.45) is 3.19. The quantitative estimate of drug-likeness (QED) is 0.658. The molecule has 0 amide bonds. The topological polar surface area (TPSA) is 20.3 Å². The van der Waals surface area contributed by atoms with Crippen molar-refractivity contribution in [3.8, 4) is 0 Å². The Balaban J connectivity index is 1.66. The summed E-state index contributed by atoms with van der Waals surface area (Å²) in [6.45, 7) is 6.74. The average molecular weight is 181 g/mol. The van der Waals surface area contributed by atoms with Crippen LogP contribution in [-0.2, 0) is 4.79 Å². The minimum absolute atomic E-state index is 0.466. The van der Waals surface area contributed by atoms with E-state index in [-0.39, 0.29) is 0 Å². The normalized spacial score (nSPS) is 24.8. The monoisotopic (exact) mass is 181 g/mol. The van der Waals surface area contributed by atoms with Gasteiger partial charge in [-0.1, -0.05) is 0 Å². The van der Waals surface area contributed by atoms with Gasteiger partial charge in [0, 0.05) is 31.5 Å². The van der Waals surface area contributed by atoms with Crippen LogP contribution in [0.25, 0.3) is 0 Å². The summed E-state index contributed by atoms with van der Waals surface area (Å²) in [6, 6.07) is 0.660. The first-order valence-corrected chi connectivity index (χ1v) is 5.43. The van der Waals surface area contributed by atoms with Crippen LogP contribution in [0.2, 0.25) is 0 Å². The maximum atomic E-state index is 11.5. The lowest BCUT2D eigenvalue weighted by Crippen LogP contribution is -2.50. The van der Waals surface area contributed by atoms with E-state index in [9.17, 15) is 4.79 Å². The molecule has 1 aliphatic heterocycles. The highest BCUT2D eigenvalue weighted by Crippen LogP contribution is 2.33. The van der Waals surface area contributed by atoms with Gasteiger partial charge in [-0.2, -0.15) is 0 Å². The molecule has 13 heavy (non-hydrogen) atoms. The molecule has 0 aromatic rings. The first-order chi connectivity index (χ1) is 6.16. The summed E-state index contributed by atoms with van der Waals surface area (Å²) in [5, 5.41) is 0. The van der Waals surface area contributed by atoms with Crippen molar-refractivity contribution in [2.24, 2.45) is 11.8 Å². The number of rotatable bonds is 4. The van der Waals surface area contributed by atoms with Crippen LogP contribution in [-0.4, -0.2) is 29.8 Å². The molecule has 1 saturated heterocycles. The predicted octanol–water partition coefficient (Wildman–Crippen LogP) is 1.70. The van der Waals surface area contributed by atoms with Crippen LogP contribution >= 0.6 is 0 Å². The second-order valence-electron chi connectivity index (χ2n) is 4.86. The molecular formula is C11H19NO. The fourth-order valence-corrected chi connectivity index (χ4v) is 2.02. The van der Waals surface area contributed by atoms with E-state index in [1.807, 2.05) is 0 Å². The summed E-state index contributed by atoms with van der Waals surface area (Å²) in [7, 11) is 0. The van der Waals surface area contributed by atoms with Crippen molar-refractivity contribution in [3.05, 3.63) is 0 Å². The number of hydrogen-bond acceptors (Lipinski definition) is 2. The van der Waals surface area contributed by atoms with Crippen LogP contribution in [0.5, 0.6) is 0 Å². The second-order valence-corrected chi connectivity index (χ2v) is 4.86. The first-order valence-electron chi connectivity index (χ1n) is 5.43. The summed E-state index contributed by atoms with van der Waals surface area (Å²) in [5.41, 5.74) is 0.